The Hall–Kier alpha value is -2.86. The smallest absolute Gasteiger partial charge is 0.271 e. The van der Waals surface area contributed by atoms with E-state index in [1.54, 1.807) is 38.6 Å². The molecule has 0 aliphatic carbocycles. The zero-order valence-corrected chi connectivity index (χ0v) is 15.9. The molecule has 6 heteroatoms. The Balaban J connectivity index is 1.76. The van der Waals surface area contributed by atoms with Gasteiger partial charge in [0.05, 0.1) is 20.4 Å². The Bertz CT molecular complexity index is 986. The van der Waals surface area contributed by atoms with Gasteiger partial charge in [-0.05, 0) is 51.0 Å². The van der Waals surface area contributed by atoms with Gasteiger partial charge in [-0.3, -0.25) is 4.79 Å². The second-order valence-corrected chi connectivity index (χ2v) is 6.34. The quantitative estimate of drug-likeness (QED) is 0.499. The molecule has 1 N–H and O–H groups in total. The van der Waals surface area contributed by atoms with E-state index < -0.39 is 0 Å². The number of ether oxygens (including phenoxy) is 2. The van der Waals surface area contributed by atoms with Crippen molar-refractivity contribution in [3.8, 4) is 11.5 Å². The van der Waals surface area contributed by atoms with E-state index in [1.807, 2.05) is 36.4 Å². The summed E-state index contributed by atoms with van der Waals surface area (Å²) in [5.74, 6) is 0.915. The van der Waals surface area contributed by atoms with Gasteiger partial charge in [-0.1, -0.05) is 30.3 Å². The predicted molar refractivity (Wildman–Crippen MR) is 106 cm³/mol. The SMILES string of the molecule is COc1cc(Br)c(/C=N\NC(=O)c2ccc3ccccc3c2)cc1OC. The van der Waals surface area contributed by atoms with Crippen molar-refractivity contribution in [1.82, 2.24) is 5.43 Å². The van der Waals surface area contributed by atoms with Gasteiger partial charge in [0.2, 0.25) is 0 Å². The number of methoxy groups -OCH3 is 2. The monoisotopic (exact) mass is 412 g/mol. The van der Waals surface area contributed by atoms with Crippen LogP contribution in [-0.4, -0.2) is 26.3 Å². The summed E-state index contributed by atoms with van der Waals surface area (Å²) in [5.41, 5.74) is 3.84. The minimum Gasteiger partial charge on any atom is -0.493 e. The van der Waals surface area contributed by atoms with Crippen molar-refractivity contribution >= 4 is 38.8 Å². The Morgan fingerprint density at radius 2 is 1.69 bits per heavy atom. The molecule has 0 unspecified atom stereocenters. The molecule has 26 heavy (non-hydrogen) atoms. The molecule has 0 bridgehead atoms. The van der Waals surface area contributed by atoms with Crippen LogP contribution < -0.4 is 14.9 Å². The molecule has 0 aromatic heterocycles. The van der Waals surface area contributed by atoms with E-state index >= 15 is 0 Å². The van der Waals surface area contributed by atoms with Crippen molar-refractivity contribution in [3.63, 3.8) is 0 Å². The van der Waals surface area contributed by atoms with Gasteiger partial charge in [0.25, 0.3) is 5.91 Å². The van der Waals surface area contributed by atoms with E-state index in [0.29, 0.717) is 17.1 Å². The molecule has 0 atom stereocenters. The highest BCUT2D eigenvalue weighted by molar-refractivity contribution is 9.10. The summed E-state index contributed by atoms with van der Waals surface area (Å²) in [6, 6.07) is 17.0. The summed E-state index contributed by atoms with van der Waals surface area (Å²) in [7, 11) is 3.13. The van der Waals surface area contributed by atoms with Crippen LogP contribution in [0.4, 0.5) is 0 Å². The number of hydrazone groups is 1. The lowest BCUT2D eigenvalue weighted by Crippen LogP contribution is -2.17. The number of fused-ring (bicyclic) bond motifs is 1. The van der Waals surface area contributed by atoms with Gasteiger partial charge in [-0.15, -0.1) is 0 Å². The van der Waals surface area contributed by atoms with Crippen LogP contribution in [0.15, 0.2) is 64.2 Å². The van der Waals surface area contributed by atoms with E-state index in [2.05, 4.69) is 26.5 Å². The Morgan fingerprint density at radius 3 is 2.42 bits per heavy atom. The van der Waals surface area contributed by atoms with Gasteiger partial charge in [0.1, 0.15) is 0 Å². The van der Waals surface area contributed by atoms with Gasteiger partial charge >= 0.3 is 0 Å². The molecular weight excluding hydrogens is 396 g/mol. The first-order valence-electron chi connectivity index (χ1n) is 7.86. The number of benzene rings is 3. The zero-order chi connectivity index (χ0) is 18.5. The second-order valence-electron chi connectivity index (χ2n) is 5.49. The number of nitrogens with zero attached hydrogens (tertiary/aromatic N) is 1. The summed E-state index contributed by atoms with van der Waals surface area (Å²) in [6.07, 6.45) is 1.55. The number of halogens is 1. The third kappa shape index (κ3) is 3.86. The van der Waals surface area contributed by atoms with E-state index in [1.165, 1.54) is 0 Å². The Morgan fingerprint density at radius 1 is 1.00 bits per heavy atom. The van der Waals surface area contributed by atoms with Crippen molar-refractivity contribution in [1.29, 1.82) is 0 Å². The maximum atomic E-state index is 12.3. The molecule has 0 aliphatic rings. The van der Waals surface area contributed by atoms with Crippen LogP contribution in [0.25, 0.3) is 10.8 Å². The van der Waals surface area contributed by atoms with Crippen molar-refractivity contribution < 1.29 is 14.3 Å². The van der Waals surface area contributed by atoms with E-state index in [-0.39, 0.29) is 5.91 Å². The van der Waals surface area contributed by atoms with Crippen LogP contribution in [0, 0.1) is 0 Å². The first-order chi connectivity index (χ1) is 12.6. The molecule has 1 amide bonds. The lowest BCUT2D eigenvalue weighted by atomic mass is 10.1. The molecular formula is C20H17BrN2O3. The molecule has 0 aliphatic heterocycles. The molecule has 3 aromatic rings. The minimum atomic E-state index is -0.274. The fourth-order valence-electron chi connectivity index (χ4n) is 2.52. The standard InChI is InChI=1S/C20H17BrN2O3/c1-25-18-10-16(17(21)11-19(18)26-2)12-22-23-20(24)15-8-7-13-5-3-4-6-14(13)9-15/h3-12H,1-2H3,(H,23,24)/b22-12-. The van der Waals surface area contributed by atoms with Crippen molar-refractivity contribution in [2.45, 2.75) is 0 Å². The second kappa shape index (κ2) is 8.01. The van der Waals surface area contributed by atoms with E-state index in [9.17, 15) is 4.79 Å². The van der Waals surface area contributed by atoms with E-state index in [0.717, 1.165) is 20.8 Å². The fraction of sp³-hybridized carbons (Fsp3) is 0.100. The van der Waals surface area contributed by atoms with Gasteiger partial charge in [0, 0.05) is 15.6 Å². The van der Waals surface area contributed by atoms with Crippen LogP contribution in [0.2, 0.25) is 0 Å². The molecule has 0 fully saturated rings. The average molecular weight is 413 g/mol. The largest absolute Gasteiger partial charge is 0.493 e. The normalized spacial score (nSPS) is 10.9. The number of carbonyl (C=O) groups is 1. The summed E-state index contributed by atoms with van der Waals surface area (Å²) in [6.45, 7) is 0. The molecule has 3 rings (SSSR count). The Labute approximate surface area is 159 Å². The predicted octanol–water partition coefficient (Wildman–Crippen LogP) is 4.38. The van der Waals surface area contributed by atoms with Crippen LogP contribution >= 0.6 is 15.9 Å². The van der Waals surface area contributed by atoms with Crippen molar-refractivity contribution in [2.24, 2.45) is 5.10 Å². The van der Waals surface area contributed by atoms with Crippen molar-refractivity contribution in [2.75, 3.05) is 14.2 Å². The van der Waals surface area contributed by atoms with Crippen LogP contribution in [0.3, 0.4) is 0 Å². The number of nitrogens with one attached hydrogen (secondary N) is 1. The maximum absolute atomic E-state index is 12.3. The molecule has 0 radical (unpaired) electrons. The Kier molecular flexibility index (Phi) is 5.53. The van der Waals surface area contributed by atoms with Crippen LogP contribution in [-0.2, 0) is 0 Å². The van der Waals surface area contributed by atoms with Crippen LogP contribution in [0.1, 0.15) is 15.9 Å². The lowest BCUT2D eigenvalue weighted by Gasteiger charge is -2.09. The zero-order valence-electron chi connectivity index (χ0n) is 14.3. The highest BCUT2D eigenvalue weighted by Crippen LogP contribution is 2.32. The van der Waals surface area contributed by atoms with Crippen LogP contribution in [0.5, 0.6) is 11.5 Å². The number of rotatable bonds is 5. The highest BCUT2D eigenvalue weighted by atomic mass is 79.9. The lowest BCUT2D eigenvalue weighted by molar-refractivity contribution is 0.0955. The first-order valence-corrected chi connectivity index (χ1v) is 8.65. The summed E-state index contributed by atoms with van der Waals surface area (Å²) < 4.78 is 11.3. The van der Waals surface area contributed by atoms with Gasteiger partial charge in [-0.2, -0.15) is 5.10 Å². The van der Waals surface area contributed by atoms with E-state index in [4.69, 9.17) is 9.47 Å². The minimum absolute atomic E-state index is 0.274. The number of hydrogen-bond acceptors (Lipinski definition) is 4. The third-order valence-corrected chi connectivity index (χ3v) is 4.57. The molecule has 0 spiro atoms. The number of carbonyl (C=O) groups excluding carboxylic acids is 1. The number of hydrogen-bond donors (Lipinski definition) is 1. The summed E-state index contributed by atoms with van der Waals surface area (Å²) in [4.78, 5) is 12.3. The molecule has 3 aromatic carbocycles. The third-order valence-electron chi connectivity index (χ3n) is 3.88. The average Bonchev–Trinajstić information content (AvgIpc) is 2.68. The highest BCUT2D eigenvalue weighted by Gasteiger charge is 2.09. The van der Waals surface area contributed by atoms with Gasteiger partial charge < -0.3 is 9.47 Å². The van der Waals surface area contributed by atoms with Crippen molar-refractivity contribution in [3.05, 3.63) is 70.2 Å². The molecule has 0 saturated heterocycles. The molecule has 0 saturated carbocycles. The fourth-order valence-corrected chi connectivity index (χ4v) is 2.95. The molecule has 5 nitrogen and oxygen atoms in total. The summed E-state index contributed by atoms with van der Waals surface area (Å²) in [5, 5.41) is 6.13. The summed E-state index contributed by atoms with van der Waals surface area (Å²) >= 11 is 3.45. The molecule has 132 valence electrons. The number of amides is 1. The van der Waals surface area contributed by atoms with Gasteiger partial charge in [0.15, 0.2) is 11.5 Å². The maximum Gasteiger partial charge on any atom is 0.271 e. The molecule has 0 heterocycles. The van der Waals surface area contributed by atoms with Gasteiger partial charge in [-0.25, -0.2) is 5.43 Å². The first kappa shape index (κ1) is 17.9. The topological polar surface area (TPSA) is 59.9 Å².